The van der Waals surface area contributed by atoms with Crippen molar-refractivity contribution in [2.75, 3.05) is 0 Å². The molecule has 3 saturated carbocycles. The molecule has 9 heteroatoms. The first-order valence-electron chi connectivity index (χ1n) is 28.4. The first kappa shape index (κ1) is 62.9. The minimum absolute atomic E-state index is 0. The van der Waals surface area contributed by atoms with E-state index in [4.69, 9.17) is 31.1 Å². The molecule has 13 unspecified atom stereocenters. The first-order chi connectivity index (χ1) is 35.7. The average Bonchev–Trinajstić information content (AvgIpc) is 4.29. The predicted octanol–water partition coefficient (Wildman–Crippen LogP) is 12.8. The van der Waals surface area contributed by atoms with E-state index < -0.39 is 0 Å². The van der Waals surface area contributed by atoms with Crippen LogP contribution < -0.4 is 56.5 Å². The molecule has 1 N–H and O–H groups in total. The van der Waals surface area contributed by atoms with Gasteiger partial charge in [0.2, 0.25) is 0 Å². The van der Waals surface area contributed by atoms with Crippen molar-refractivity contribution in [3.8, 4) is 0 Å². The van der Waals surface area contributed by atoms with Gasteiger partial charge in [0.05, 0.1) is 30.9 Å². The number of hydroxylamine groups is 4. The molecule has 0 heterocycles. The summed E-state index contributed by atoms with van der Waals surface area (Å²) in [4.78, 5) is 13.2. The van der Waals surface area contributed by atoms with Gasteiger partial charge in [0.15, 0.2) is 0 Å². The molecule has 4 aromatic carbocycles. The molecule has 76 heavy (non-hydrogen) atoms. The van der Waals surface area contributed by atoms with Gasteiger partial charge in [0.1, 0.15) is 12.2 Å². The Labute approximate surface area is 507 Å². The van der Waals surface area contributed by atoms with Crippen molar-refractivity contribution in [1.82, 2.24) is 10.1 Å². The summed E-state index contributed by atoms with van der Waals surface area (Å²) in [7, 11) is 0. The van der Waals surface area contributed by atoms with Crippen LogP contribution in [0.1, 0.15) is 179 Å². The Morgan fingerprint density at radius 2 is 0.921 bits per heavy atom. The summed E-state index contributed by atoms with van der Waals surface area (Å²) < 4.78 is 6.25. The Morgan fingerprint density at radius 3 is 1.21 bits per heavy atom. The number of halogens is 1. The summed E-state index contributed by atoms with van der Waals surface area (Å²) in [5.74, 6) is 5.04. The minimum atomic E-state index is -0.259. The number of nitrogens with zero attached hydrogens (tertiary/aromatic N) is 2. The summed E-state index contributed by atoms with van der Waals surface area (Å²) in [6, 6.07) is 38.8. The second-order valence-corrected chi connectivity index (χ2v) is 25.4. The molecule has 4 aromatic rings. The molecule has 3 fully saturated rings. The Balaban J connectivity index is 0.000000190. The second kappa shape index (κ2) is 28.9. The van der Waals surface area contributed by atoms with E-state index in [0.29, 0.717) is 54.1 Å². The maximum atomic E-state index is 10.9. The molecule has 13 atom stereocenters. The quantitative estimate of drug-likeness (QED) is 0.0518. The molecule has 0 radical (unpaired) electrons. The number of hydrogen-bond donors (Lipinski definition) is 1. The molecular formula is C67H92ClKN2O5. The van der Waals surface area contributed by atoms with E-state index in [1.165, 1.54) is 41.5 Å². The number of benzene rings is 4. The first-order valence-corrected chi connectivity index (χ1v) is 29.0. The smallest absolute Gasteiger partial charge is 0.852 e. The SMILES string of the molecule is CC(ON(C(c1ccccc1)C(C)C)C(C)(C)C)c1ccc(CCl)cc1.CC(ON(C(c1ccccc1)C(C)C)C(C)(C)C)c1ccc(COC2CC3C=CC2C3)cc1.OC1CC2C=CC1C2.[K+].[O-]C1CC2C=CC1C2. The molecular weight excluding hydrogens is 987 g/mol. The second-order valence-electron chi connectivity index (χ2n) is 25.1. The number of rotatable bonds is 16. The van der Waals surface area contributed by atoms with Gasteiger partial charge in [-0.3, -0.25) is 9.68 Å². The molecule has 7 nitrogen and oxygen atoms in total. The molecule has 10 rings (SSSR count). The number of ether oxygens (including phenoxy) is 1. The van der Waals surface area contributed by atoms with Crippen LogP contribution in [0.2, 0.25) is 0 Å². The van der Waals surface area contributed by atoms with E-state index in [1.54, 1.807) is 0 Å². The number of aliphatic hydroxyl groups is 1. The normalized spacial score (nSPS) is 26.2. The van der Waals surface area contributed by atoms with Crippen molar-refractivity contribution < 1.29 is 76.0 Å². The van der Waals surface area contributed by atoms with Crippen LogP contribution in [-0.2, 0) is 26.9 Å². The summed E-state index contributed by atoms with van der Waals surface area (Å²) in [6.07, 6.45) is 20.2. The number of alkyl halides is 1. The zero-order valence-electron chi connectivity index (χ0n) is 48.5. The van der Waals surface area contributed by atoms with Gasteiger partial charge >= 0.3 is 51.4 Å². The van der Waals surface area contributed by atoms with Gasteiger partial charge in [-0.1, -0.05) is 180 Å². The van der Waals surface area contributed by atoms with Crippen molar-refractivity contribution in [3.63, 3.8) is 0 Å². The van der Waals surface area contributed by atoms with Crippen molar-refractivity contribution in [2.24, 2.45) is 47.3 Å². The Morgan fingerprint density at radius 1 is 0.513 bits per heavy atom. The van der Waals surface area contributed by atoms with Gasteiger partial charge in [-0.2, -0.15) is 10.1 Å². The van der Waals surface area contributed by atoms with Crippen LogP contribution in [0, 0.1) is 47.3 Å². The molecule has 408 valence electrons. The average molecular weight is 1080 g/mol. The fourth-order valence-corrected chi connectivity index (χ4v) is 12.2. The third-order valence-electron chi connectivity index (χ3n) is 16.1. The molecule has 0 spiro atoms. The van der Waals surface area contributed by atoms with E-state index in [2.05, 4.69) is 239 Å². The Kier molecular flexibility index (Phi) is 24.0. The Hall–Kier alpha value is -2.25. The monoisotopic (exact) mass is 1080 g/mol. The summed E-state index contributed by atoms with van der Waals surface area (Å²) in [6.45, 7) is 27.3. The predicted molar refractivity (Wildman–Crippen MR) is 307 cm³/mol. The fraction of sp³-hybridized carbons (Fsp3) is 0.552. The molecule has 0 amide bonds. The number of aliphatic hydroxyl groups excluding tert-OH is 1. The summed E-state index contributed by atoms with van der Waals surface area (Å²) >= 11 is 5.91. The van der Waals surface area contributed by atoms with Gasteiger partial charge in [0, 0.05) is 28.8 Å². The van der Waals surface area contributed by atoms with Crippen molar-refractivity contribution in [3.05, 3.63) is 179 Å². The zero-order valence-corrected chi connectivity index (χ0v) is 52.4. The molecule has 0 saturated heterocycles. The molecule has 0 aliphatic heterocycles. The third kappa shape index (κ3) is 17.4. The van der Waals surface area contributed by atoms with Gasteiger partial charge < -0.3 is 14.9 Å². The standard InChI is InChI=1S/C30H41NO2.C23H32ClNO.C7H10O.C7H9O.K/c1-21(2)29(26-10-8-7-9-11-26)31(30(4,5)6)33-22(3)25-15-12-23(13-16-25)20-32-28-19-24-14-17-27(28)18-24;1-17(2)22(21-10-8-7-9-11-21)25(23(4,5)6)26-18(3)20-14-12-19(16-24)13-15-20;2*8-7-4-5-1-2-6(7)3-5;/h7-17,21-22,24,27-29H,18-20H2,1-6H3;7-15,17-18,22H,16H2,1-6H3;1-2,5-8H,3-4H2;1-2,5-7H,3-4H2;/q;;;-1;+1. The number of fused-ring (bicyclic) bond motifs is 6. The van der Waals surface area contributed by atoms with Gasteiger partial charge in [-0.05, 0) is 156 Å². The van der Waals surface area contributed by atoms with E-state index in [0.717, 1.165) is 42.2 Å². The molecule has 6 aliphatic rings. The third-order valence-corrected chi connectivity index (χ3v) is 16.4. The van der Waals surface area contributed by atoms with E-state index in [9.17, 15) is 5.11 Å². The summed E-state index contributed by atoms with van der Waals surface area (Å²) in [5.41, 5.74) is 7.00. The van der Waals surface area contributed by atoms with Crippen LogP contribution in [0.3, 0.4) is 0 Å². The van der Waals surface area contributed by atoms with Gasteiger partial charge in [-0.25, -0.2) is 0 Å². The van der Waals surface area contributed by atoms with E-state index >= 15 is 0 Å². The molecule has 0 aromatic heterocycles. The van der Waals surface area contributed by atoms with Crippen LogP contribution in [-0.4, -0.2) is 44.6 Å². The number of allylic oxidation sites excluding steroid dienone is 3. The van der Waals surface area contributed by atoms with Crippen molar-refractivity contribution in [2.45, 2.75) is 188 Å². The number of hydrogen-bond acceptors (Lipinski definition) is 7. The fourth-order valence-electron chi connectivity index (χ4n) is 12.0. The maximum absolute atomic E-state index is 10.9. The molecule has 6 bridgehead atoms. The van der Waals surface area contributed by atoms with E-state index in [-0.39, 0.29) is 99.0 Å². The maximum Gasteiger partial charge on any atom is 1.00 e. The largest absolute Gasteiger partial charge is 1.00 e. The zero-order chi connectivity index (χ0) is 54.0. The van der Waals surface area contributed by atoms with Crippen LogP contribution in [0.15, 0.2) is 146 Å². The van der Waals surface area contributed by atoms with Crippen molar-refractivity contribution >= 4 is 11.6 Å². The van der Waals surface area contributed by atoms with Gasteiger partial charge in [-0.15, -0.1) is 17.7 Å². The minimum Gasteiger partial charge on any atom is -0.852 e. The summed E-state index contributed by atoms with van der Waals surface area (Å²) in [5, 5.41) is 24.4. The van der Waals surface area contributed by atoms with Crippen LogP contribution in [0.5, 0.6) is 0 Å². The van der Waals surface area contributed by atoms with Gasteiger partial charge in [0.25, 0.3) is 0 Å². The topological polar surface area (TPSA) is 77.5 Å². The Bertz CT molecular complexity index is 2380. The van der Waals surface area contributed by atoms with E-state index in [1.807, 2.05) is 0 Å². The van der Waals surface area contributed by atoms with Crippen LogP contribution in [0.4, 0.5) is 0 Å². The molecule has 6 aliphatic carbocycles. The van der Waals surface area contributed by atoms with Crippen molar-refractivity contribution in [1.29, 1.82) is 0 Å². The van der Waals surface area contributed by atoms with Crippen LogP contribution in [0.25, 0.3) is 0 Å². The van der Waals surface area contributed by atoms with Crippen LogP contribution >= 0.6 is 11.6 Å².